The largest absolute Gasteiger partial charge is 0.419 e. The lowest BCUT2D eigenvalue weighted by atomic mass is 9.80. The SMILES string of the molecule is Cl.Cl.Fc1ccc([C@@H](C2CCCCC2)N2CCNCC2)cc1C(F)(F)F. The molecule has 1 heterocycles. The van der Waals surface area contributed by atoms with Crippen LogP contribution in [0.1, 0.15) is 49.3 Å². The zero-order valence-corrected chi connectivity index (χ0v) is 16.2. The molecule has 0 spiro atoms. The summed E-state index contributed by atoms with van der Waals surface area (Å²) in [7, 11) is 0. The van der Waals surface area contributed by atoms with Crippen molar-refractivity contribution < 1.29 is 17.6 Å². The molecule has 2 fully saturated rings. The summed E-state index contributed by atoms with van der Waals surface area (Å²) in [4.78, 5) is 2.28. The van der Waals surface area contributed by atoms with E-state index < -0.39 is 17.6 Å². The summed E-state index contributed by atoms with van der Waals surface area (Å²) in [5.74, 6) is -0.836. The van der Waals surface area contributed by atoms with Gasteiger partial charge in [-0.1, -0.05) is 25.3 Å². The average Bonchev–Trinajstić information content (AvgIpc) is 2.57. The predicted molar refractivity (Wildman–Crippen MR) is 99.7 cm³/mol. The van der Waals surface area contributed by atoms with Gasteiger partial charge in [0, 0.05) is 32.2 Å². The number of rotatable bonds is 3. The lowest BCUT2D eigenvalue weighted by molar-refractivity contribution is -0.140. The number of alkyl halides is 3. The second kappa shape index (κ2) is 10.1. The second-order valence-electron chi connectivity index (χ2n) is 6.87. The van der Waals surface area contributed by atoms with Crippen molar-refractivity contribution in [3.63, 3.8) is 0 Å². The molecule has 1 N–H and O–H groups in total. The number of hydrogen-bond donors (Lipinski definition) is 1. The van der Waals surface area contributed by atoms with Gasteiger partial charge in [0.25, 0.3) is 0 Å². The standard InChI is InChI=1S/C18H24F4N2.2ClH/c19-16-7-6-14(12-15(16)18(20,21)22)17(13-4-2-1-3-5-13)24-10-8-23-9-11-24;;/h6-7,12-13,17,23H,1-5,8-11H2;2*1H/t17-;;/m1../s1. The molecular weight excluding hydrogens is 391 g/mol. The smallest absolute Gasteiger partial charge is 0.314 e. The zero-order valence-electron chi connectivity index (χ0n) is 14.5. The summed E-state index contributed by atoms with van der Waals surface area (Å²) in [6.07, 6.45) is 0.866. The summed E-state index contributed by atoms with van der Waals surface area (Å²) >= 11 is 0. The Bertz CT molecular complexity index is 539. The fraction of sp³-hybridized carbons (Fsp3) is 0.667. The van der Waals surface area contributed by atoms with Crippen LogP contribution in [0, 0.1) is 11.7 Å². The molecule has 150 valence electrons. The third-order valence-electron chi connectivity index (χ3n) is 5.28. The van der Waals surface area contributed by atoms with Gasteiger partial charge < -0.3 is 5.32 Å². The minimum absolute atomic E-state index is 0. The normalized spacial score (nSPS) is 20.8. The number of halogens is 6. The van der Waals surface area contributed by atoms with E-state index in [1.165, 1.54) is 6.42 Å². The van der Waals surface area contributed by atoms with Crippen molar-refractivity contribution in [3.05, 3.63) is 35.1 Å². The van der Waals surface area contributed by atoms with Crippen molar-refractivity contribution in [2.75, 3.05) is 26.2 Å². The fourth-order valence-corrected chi connectivity index (χ4v) is 4.14. The first kappa shape index (κ1) is 23.5. The Morgan fingerprint density at radius 3 is 2.19 bits per heavy atom. The van der Waals surface area contributed by atoms with Gasteiger partial charge in [0.1, 0.15) is 5.82 Å². The van der Waals surface area contributed by atoms with E-state index in [2.05, 4.69) is 10.2 Å². The van der Waals surface area contributed by atoms with E-state index in [4.69, 9.17) is 0 Å². The molecule has 1 saturated carbocycles. The predicted octanol–water partition coefficient (Wildman–Crippen LogP) is 5.21. The minimum Gasteiger partial charge on any atom is -0.314 e. The number of hydrogen-bond acceptors (Lipinski definition) is 2. The molecule has 26 heavy (non-hydrogen) atoms. The summed E-state index contributed by atoms with van der Waals surface area (Å²) < 4.78 is 53.0. The average molecular weight is 417 g/mol. The lowest BCUT2D eigenvalue weighted by Crippen LogP contribution is -2.47. The highest BCUT2D eigenvalue weighted by molar-refractivity contribution is 5.85. The number of benzene rings is 1. The van der Waals surface area contributed by atoms with Crippen molar-refractivity contribution in [1.82, 2.24) is 10.2 Å². The third kappa shape index (κ3) is 5.47. The first-order valence-corrected chi connectivity index (χ1v) is 8.78. The quantitative estimate of drug-likeness (QED) is 0.679. The van der Waals surface area contributed by atoms with Crippen LogP contribution in [-0.4, -0.2) is 31.1 Å². The van der Waals surface area contributed by atoms with Crippen LogP contribution < -0.4 is 5.32 Å². The van der Waals surface area contributed by atoms with E-state index in [-0.39, 0.29) is 30.9 Å². The van der Waals surface area contributed by atoms with Crippen LogP contribution in [0.3, 0.4) is 0 Å². The van der Waals surface area contributed by atoms with Crippen molar-refractivity contribution >= 4 is 24.8 Å². The van der Waals surface area contributed by atoms with Gasteiger partial charge >= 0.3 is 6.18 Å². The van der Waals surface area contributed by atoms with Crippen LogP contribution in [-0.2, 0) is 6.18 Å². The Morgan fingerprint density at radius 1 is 1.00 bits per heavy atom. The van der Waals surface area contributed by atoms with Gasteiger partial charge in [0.2, 0.25) is 0 Å². The highest BCUT2D eigenvalue weighted by Crippen LogP contribution is 2.40. The summed E-state index contributed by atoms with van der Waals surface area (Å²) in [5.41, 5.74) is -0.534. The summed E-state index contributed by atoms with van der Waals surface area (Å²) in [6, 6.07) is 3.52. The van der Waals surface area contributed by atoms with Crippen LogP contribution in [0.4, 0.5) is 17.6 Å². The van der Waals surface area contributed by atoms with Crippen molar-refractivity contribution in [3.8, 4) is 0 Å². The van der Waals surface area contributed by atoms with Crippen molar-refractivity contribution in [2.24, 2.45) is 5.92 Å². The van der Waals surface area contributed by atoms with Crippen molar-refractivity contribution in [2.45, 2.75) is 44.3 Å². The molecule has 1 atom stereocenters. The van der Waals surface area contributed by atoms with Crippen LogP contribution in [0.25, 0.3) is 0 Å². The molecule has 0 radical (unpaired) electrons. The van der Waals surface area contributed by atoms with Crippen LogP contribution >= 0.6 is 24.8 Å². The molecule has 2 aliphatic rings. The molecule has 0 amide bonds. The van der Waals surface area contributed by atoms with Gasteiger partial charge in [0.05, 0.1) is 5.56 Å². The topological polar surface area (TPSA) is 15.3 Å². The maximum Gasteiger partial charge on any atom is 0.419 e. The Balaban J connectivity index is 0.00000169. The molecule has 1 aromatic carbocycles. The maximum atomic E-state index is 13.7. The Kier molecular flexibility index (Phi) is 9.13. The summed E-state index contributed by atoms with van der Waals surface area (Å²) in [5, 5.41) is 3.29. The first-order chi connectivity index (χ1) is 11.5. The van der Waals surface area contributed by atoms with E-state index in [9.17, 15) is 17.6 Å². The highest BCUT2D eigenvalue weighted by atomic mass is 35.5. The molecule has 2 nitrogen and oxygen atoms in total. The van der Waals surface area contributed by atoms with Gasteiger partial charge in [-0.15, -0.1) is 24.8 Å². The molecule has 0 bridgehead atoms. The van der Waals surface area contributed by atoms with Gasteiger partial charge in [-0.05, 0) is 36.5 Å². The van der Waals surface area contributed by atoms with Gasteiger partial charge in [-0.25, -0.2) is 4.39 Å². The molecule has 8 heteroatoms. The van der Waals surface area contributed by atoms with E-state index in [0.29, 0.717) is 11.5 Å². The second-order valence-corrected chi connectivity index (χ2v) is 6.87. The number of piperazine rings is 1. The molecular formula is C18H26Cl2F4N2. The Hall–Kier alpha value is -0.560. The Labute approximate surface area is 164 Å². The van der Waals surface area contributed by atoms with Crippen LogP contribution in [0.5, 0.6) is 0 Å². The highest BCUT2D eigenvalue weighted by Gasteiger charge is 2.37. The molecule has 1 aliphatic heterocycles. The zero-order chi connectivity index (χ0) is 17.2. The maximum absolute atomic E-state index is 13.7. The van der Waals surface area contributed by atoms with Crippen LogP contribution in [0.2, 0.25) is 0 Å². The summed E-state index contributed by atoms with van der Waals surface area (Å²) in [6.45, 7) is 3.33. The molecule has 1 saturated heterocycles. The molecule has 0 unspecified atom stereocenters. The van der Waals surface area contributed by atoms with E-state index in [1.807, 2.05) is 0 Å². The first-order valence-electron chi connectivity index (χ1n) is 8.78. The molecule has 3 rings (SSSR count). The van der Waals surface area contributed by atoms with Crippen LogP contribution in [0.15, 0.2) is 18.2 Å². The molecule has 1 aromatic rings. The minimum atomic E-state index is -4.65. The molecule has 0 aromatic heterocycles. The Morgan fingerprint density at radius 2 is 1.62 bits per heavy atom. The van der Waals surface area contributed by atoms with Gasteiger partial charge in [0.15, 0.2) is 0 Å². The van der Waals surface area contributed by atoms with E-state index in [1.54, 1.807) is 6.07 Å². The van der Waals surface area contributed by atoms with E-state index >= 15 is 0 Å². The van der Waals surface area contributed by atoms with Gasteiger partial charge in [-0.3, -0.25) is 4.90 Å². The third-order valence-corrected chi connectivity index (χ3v) is 5.28. The van der Waals surface area contributed by atoms with Gasteiger partial charge in [-0.2, -0.15) is 13.2 Å². The monoisotopic (exact) mass is 416 g/mol. The van der Waals surface area contributed by atoms with Crippen molar-refractivity contribution in [1.29, 1.82) is 0 Å². The molecule has 1 aliphatic carbocycles. The fourth-order valence-electron chi connectivity index (χ4n) is 4.14. The lowest BCUT2D eigenvalue weighted by Gasteiger charge is -2.41. The van der Waals surface area contributed by atoms with E-state index in [0.717, 1.165) is 64.0 Å². The number of nitrogens with one attached hydrogen (secondary N) is 1. The number of nitrogens with zero attached hydrogens (tertiary/aromatic N) is 1.